The van der Waals surface area contributed by atoms with Crippen molar-refractivity contribution in [3.63, 3.8) is 0 Å². The molecular formula is C22H38NO5+. The number of carbonyl (C=O) groups is 1. The number of quaternary nitrogens is 1. The van der Waals surface area contributed by atoms with Gasteiger partial charge >= 0.3 is 5.97 Å². The highest BCUT2D eigenvalue weighted by Crippen LogP contribution is 2.14. The predicted molar refractivity (Wildman–Crippen MR) is 111 cm³/mol. The van der Waals surface area contributed by atoms with Gasteiger partial charge in [0, 0.05) is 13.5 Å². The Bertz CT molecular complexity index is 551. The molecule has 28 heavy (non-hydrogen) atoms. The molecular weight excluding hydrogens is 358 g/mol. The molecule has 0 aliphatic carbocycles. The average Bonchev–Trinajstić information content (AvgIpc) is 2.71. The minimum absolute atomic E-state index is 0.180. The molecule has 0 saturated heterocycles. The van der Waals surface area contributed by atoms with Crippen molar-refractivity contribution in [1.82, 2.24) is 0 Å². The zero-order chi connectivity index (χ0) is 20.8. The summed E-state index contributed by atoms with van der Waals surface area (Å²) in [6.45, 7) is 14.9. The van der Waals surface area contributed by atoms with Gasteiger partial charge in [-0.25, -0.2) is 4.79 Å². The maximum Gasteiger partial charge on any atom is 0.335 e. The SMILES string of the molecule is CC[N+](CC)(CC)C(C)OCCOCCOCCCc1cccc(C(=O)O)c1. The maximum atomic E-state index is 11.0. The minimum atomic E-state index is -0.891. The van der Waals surface area contributed by atoms with E-state index in [-0.39, 0.29) is 6.23 Å². The van der Waals surface area contributed by atoms with E-state index < -0.39 is 5.97 Å². The predicted octanol–water partition coefficient (Wildman–Crippen LogP) is 3.59. The first kappa shape index (κ1) is 24.6. The number of carboxylic acids is 1. The number of benzene rings is 1. The van der Waals surface area contributed by atoms with Crippen molar-refractivity contribution in [3.8, 4) is 0 Å². The summed E-state index contributed by atoms with van der Waals surface area (Å²) < 4.78 is 18.1. The quantitative estimate of drug-likeness (QED) is 0.263. The van der Waals surface area contributed by atoms with Gasteiger partial charge in [-0.2, -0.15) is 0 Å². The topological polar surface area (TPSA) is 65.0 Å². The minimum Gasteiger partial charge on any atom is -0.478 e. The number of hydrogen-bond donors (Lipinski definition) is 1. The first-order chi connectivity index (χ1) is 13.5. The highest BCUT2D eigenvalue weighted by Gasteiger charge is 2.28. The number of ether oxygens (including phenoxy) is 3. The van der Waals surface area contributed by atoms with Crippen LogP contribution < -0.4 is 0 Å². The summed E-state index contributed by atoms with van der Waals surface area (Å²) in [5, 5.41) is 9.00. The first-order valence-corrected chi connectivity index (χ1v) is 10.4. The van der Waals surface area contributed by atoms with E-state index >= 15 is 0 Å². The Kier molecular flexibility index (Phi) is 12.0. The van der Waals surface area contributed by atoms with Gasteiger partial charge in [-0.1, -0.05) is 12.1 Å². The van der Waals surface area contributed by atoms with Gasteiger partial charge in [0.1, 0.15) is 0 Å². The van der Waals surface area contributed by atoms with E-state index in [9.17, 15) is 4.79 Å². The van der Waals surface area contributed by atoms with E-state index in [0.717, 1.165) is 42.5 Å². The standard InChI is InChI=1S/C22H37NO5/c1-5-23(6-2,7-3)19(4)28-17-16-27-15-14-26-13-9-11-20-10-8-12-21(18-20)22(24)25/h8,10,12,18-19H,5-7,9,11,13-17H2,1-4H3/p+1. The molecule has 0 fully saturated rings. The molecule has 1 atom stereocenters. The Hall–Kier alpha value is -1.47. The molecule has 0 aliphatic rings. The second-order valence-electron chi connectivity index (χ2n) is 6.97. The highest BCUT2D eigenvalue weighted by atomic mass is 16.6. The molecule has 6 heteroatoms. The molecule has 1 N–H and O–H groups in total. The molecule has 0 radical (unpaired) electrons. The number of rotatable bonds is 16. The summed E-state index contributed by atoms with van der Waals surface area (Å²) >= 11 is 0. The molecule has 0 saturated carbocycles. The maximum absolute atomic E-state index is 11.0. The zero-order valence-corrected chi connectivity index (χ0v) is 18.0. The summed E-state index contributed by atoms with van der Waals surface area (Å²) in [4.78, 5) is 11.0. The smallest absolute Gasteiger partial charge is 0.335 e. The summed E-state index contributed by atoms with van der Waals surface area (Å²) in [7, 11) is 0. The second kappa shape index (κ2) is 13.7. The molecule has 6 nitrogen and oxygen atoms in total. The molecule has 0 spiro atoms. The molecule has 0 bridgehead atoms. The van der Waals surface area contributed by atoms with Gasteiger partial charge in [0.05, 0.1) is 51.6 Å². The van der Waals surface area contributed by atoms with Gasteiger partial charge in [-0.05, 0) is 51.3 Å². The van der Waals surface area contributed by atoms with Gasteiger partial charge in [-0.15, -0.1) is 0 Å². The van der Waals surface area contributed by atoms with Crippen molar-refractivity contribution in [3.05, 3.63) is 35.4 Å². The third-order valence-electron chi connectivity index (χ3n) is 5.55. The lowest BCUT2D eigenvalue weighted by atomic mass is 10.1. The Morgan fingerprint density at radius 2 is 1.61 bits per heavy atom. The summed E-state index contributed by atoms with van der Waals surface area (Å²) in [6, 6.07) is 7.05. The number of aryl methyl sites for hydroxylation is 1. The van der Waals surface area contributed by atoms with Crippen LogP contribution in [0.4, 0.5) is 0 Å². The zero-order valence-electron chi connectivity index (χ0n) is 18.0. The fourth-order valence-corrected chi connectivity index (χ4v) is 3.44. The van der Waals surface area contributed by atoms with Crippen LogP contribution in [0.3, 0.4) is 0 Å². The van der Waals surface area contributed by atoms with Crippen molar-refractivity contribution in [1.29, 1.82) is 0 Å². The summed E-state index contributed by atoms with van der Waals surface area (Å²) in [6.07, 6.45) is 1.84. The molecule has 160 valence electrons. The molecule has 0 aromatic heterocycles. The lowest BCUT2D eigenvalue weighted by molar-refractivity contribution is -0.965. The van der Waals surface area contributed by atoms with Crippen molar-refractivity contribution >= 4 is 5.97 Å². The van der Waals surface area contributed by atoms with E-state index in [1.165, 1.54) is 0 Å². The van der Waals surface area contributed by atoms with E-state index in [1.54, 1.807) is 18.2 Å². The normalized spacial score (nSPS) is 12.9. The van der Waals surface area contributed by atoms with Gasteiger partial charge in [0.15, 0.2) is 6.23 Å². The summed E-state index contributed by atoms with van der Waals surface area (Å²) in [5.41, 5.74) is 1.35. The van der Waals surface area contributed by atoms with Crippen LogP contribution >= 0.6 is 0 Å². The third-order valence-corrected chi connectivity index (χ3v) is 5.55. The molecule has 0 aliphatic heterocycles. The molecule has 1 unspecified atom stereocenters. The van der Waals surface area contributed by atoms with Gasteiger partial charge in [0.2, 0.25) is 0 Å². The molecule has 1 aromatic rings. The van der Waals surface area contributed by atoms with E-state index in [1.807, 2.05) is 6.07 Å². The van der Waals surface area contributed by atoms with Crippen LogP contribution in [0, 0.1) is 0 Å². The fourth-order valence-electron chi connectivity index (χ4n) is 3.44. The Morgan fingerprint density at radius 3 is 2.21 bits per heavy atom. The van der Waals surface area contributed by atoms with Crippen LogP contribution in [0.5, 0.6) is 0 Å². The lowest BCUT2D eigenvalue weighted by Gasteiger charge is -2.40. The van der Waals surface area contributed by atoms with Crippen LogP contribution in [-0.2, 0) is 20.6 Å². The van der Waals surface area contributed by atoms with Crippen molar-refractivity contribution in [2.24, 2.45) is 0 Å². The van der Waals surface area contributed by atoms with Crippen molar-refractivity contribution in [2.45, 2.75) is 46.8 Å². The van der Waals surface area contributed by atoms with Gasteiger partial charge in [-0.3, -0.25) is 4.48 Å². The van der Waals surface area contributed by atoms with E-state index in [2.05, 4.69) is 27.7 Å². The van der Waals surface area contributed by atoms with E-state index in [0.29, 0.717) is 38.6 Å². The summed E-state index contributed by atoms with van der Waals surface area (Å²) in [5.74, 6) is -0.891. The number of aromatic carboxylic acids is 1. The van der Waals surface area contributed by atoms with E-state index in [4.69, 9.17) is 19.3 Å². The van der Waals surface area contributed by atoms with Crippen LogP contribution in [0.2, 0.25) is 0 Å². The lowest BCUT2D eigenvalue weighted by Crippen LogP contribution is -2.55. The van der Waals surface area contributed by atoms with Crippen LogP contribution in [0.25, 0.3) is 0 Å². The Morgan fingerprint density at radius 1 is 1.00 bits per heavy atom. The Labute approximate surface area is 170 Å². The van der Waals surface area contributed by atoms with Gasteiger partial charge < -0.3 is 19.3 Å². The highest BCUT2D eigenvalue weighted by molar-refractivity contribution is 5.87. The van der Waals surface area contributed by atoms with Crippen molar-refractivity contribution < 1.29 is 28.6 Å². The van der Waals surface area contributed by atoms with Crippen LogP contribution in [-0.4, -0.2) is 74.5 Å². The molecule has 0 amide bonds. The van der Waals surface area contributed by atoms with Crippen molar-refractivity contribution in [2.75, 3.05) is 52.7 Å². The number of nitrogens with zero attached hydrogens (tertiary/aromatic N) is 1. The molecule has 1 aromatic carbocycles. The number of hydrogen-bond acceptors (Lipinski definition) is 4. The number of carboxylic acid groups (broad SMARTS) is 1. The molecule has 1 rings (SSSR count). The average molecular weight is 397 g/mol. The fraction of sp³-hybridized carbons (Fsp3) is 0.682. The largest absolute Gasteiger partial charge is 0.478 e. The van der Waals surface area contributed by atoms with Crippen LogP contribution in [0.1, 0.15) is 50.0 Å². The third kappa shape index (κ3) is 8.27. The second-order valence-corrected chi connectivity index (χ2v) is 6.97. The van der Waals surface area contributed by atoms with Gasteiger partial charge in [0.25, 0.3) is 0 Å². The molecule has 0 heterocycles. The monoisotopic (exact) mass is 396 g/mol. The Balaban J connectivity index is 2.05. The van der Waals surface area contributed by atoms with Crippen LogP contribution in [0.15, 0.2) is 24.3 Å². The first-order valence-electron chi connectivity index (χ1n) is 10.4.